The second-order valence-corrected chi connectivity index (χ2v) is 2.50. The van der Waals surface area contributed by atoms with E-state index in [1.54, 1.807) is 6.07 Å². The van der Waals surface area contributed by atoms with Gasteiger partial charge in [-0.1, -0.05) is 36.4 Å². The van der Waals surface area contributed by atoms with E-state index in [2.05, 4.69) is 0 Å². The van der Waals surface area contributed by atoms with E-state index in [0.29, 0.717) is 5.75 Å². The summed E-state index contributed by atoms with van der Waals surface area (Å²) in [6.45, 7) is 0. The summed E-state index contributed by atoms with van der Waals surface area (Å²) in [5.74, 6) is 0.350. The topological polar surface area (TPSA) is 20.2 Å². The molecule has 66 valence electrons. The van der Waals surface area contributed by atoms with E-state index in [1.165, 1.54) is 0 Å². The Balaban J connectivity index is -0.000000360. The van der Waals surface area contributed by atoms with Crippen LogP contribution < -0.4 is 0 Å². The molecule has 0 aromatic heterocycles. The number of halogens is 1. The fourth-order valence-electron chi connectivity index (χ4n) is 1.21. The van der Waals surface area contributed by atoms with Crippen LogP contribution >= 0.6 is 12.4 Å². The Kier molecular flexibility index (Phi) is 5.14. The molecule has 0 aliphatic rings. The summed E-state index contributed by atoms with van der Waals surface area (Å²) in [5, 5.41) is 11.4. The third-order valence-electron chi connectivity index (χ3n) is 1.77. The van der Waals surface area contributed by atoms with E-state index < -0.39 is 0 Å². The van der Waals surface area contributed by atoms with E-state index >= 15 is 0 Å². The first-order chi connectivity index (χ1) is 5.38. The molecular formula is C10H11ClMgO. The normalized spacial score (nSPS) is 8.62. The van der Waals surface area contributed by atoms with Gasteiger partial charge in [-0.2, -0.15) is 0 Å². The summed E-state index contributed by atoms with van der Waals surface area (Å²) in [7, 11) is 0. The molecule has 0 atom stereocenters. The first kappa shape index (κ1) is 12.6. The third-order valence-corrected chi connectivity index (χ3v) is 1.77. The predicted octanol–water partition coefficient (Wildman–Crippen LogP) is 2.81. The van der Waals surface area contributed by atoms with Crippen LogP contribution in [0.25, 0.3) is 10.8 Å². The molecule has 0 saturated heterocycles. The first-order valence-electron chi connectivity index (χ1n) is 3.54. The number of benzene rings is 2. The van der Waals surface area contributed by atoms with Gasteiger partial charge in [0.05, 0.1) is 0 Å². The van der Waals surface area contributed by atoms with Gasteiger partial charge in [0.25, 0.3) is 0 Å². The Morgan fingerprint density at radius 3 is 2.23 bits per heavy atom. The van der Waals surface area contributed by atoms with Crippen molar-refractivity contribution in [1.82, 2.24) is 0 Å². The Hall–Kier alpha value is -0.444. The zero-order valence-corrected chi connectivity index (χ0v) is 9.33. The summed E-state index contributed by atoms with van der Waals surface area (Å²) in [6.07, 6.45) is 0. The van der Waals surface area contributed by atoms with Gasteiger partial charge in [0.1, 0.15) is 5.75 Å². The molecule has 0 heterocycles. The van der Waals surface area contributed by atoms with Crippen molar-refractivity contribution in [3.63, 3.8) is 0 Å². The SMILES string of the molecule is Cl.Oc1cccc2ccccc12.[H-].[H-].[Mg+2]. The maximum absolute atomic E-state index is 9.37. The largest absolute Gasteiger partial charge is 2.00 e. The van der Waals surface area contributed by atoms with Crippen LogP contribution in [0.1, 0.15) is 2.85 Å². The van der Waals surface area contributed by atoms with Gasteiger partial charge in [0, 0.05) is 5.39 Å². The minimum Gasteiger partial charge on any atom is -1.00 e. The van der Waals surface area contributed by atoms with E-state index in [9.17, 15) is 5.11 Å². The van der Waals surface area contributed by atoms with E-state index in [1.807, 2.05) is 36.4 Å². The molecule has 0 spiro atoms. The Morgan fingerprint density at radius 1 is 0.923 bits per heavy atom. The molecule has 0 bridgehead atoms. The molecule has 0 saturated carbocycles. The van der Waals surface area contributed by atoms with Crippen molar-refractivity contribution < 1.29 is 7.96 Å². The van der Waals surface area contributed by atoms with E-state index in [-0.39, 0.29) is 38.3 Å². The van der Waals surface area contributed by atoms with Crippen LogP contribution in [0.4, 0.5) is 0 Å². The number of phenols is 1. The Morgan fingerprint density at radius 2 is 1.54 bits per heavy atom. The number of hydrogen-bond acceptors (Lipinski definition) is 1. The van der Waals surface area contributed by atoms with Crippen molar-refractivity contribution in [2.45, 2.75) is 0 Å². The first-order valence-corrected chi connectivity index (χ1v) is 3.54. The van der Waals surface area contributed by atoms with E-state index in [4.69, 9.17) is 0 Å². The summed E-state index contributed by atoms with van der Waals surface area (Å²) < 4.78 is 0. The van der Waals surface area contributed by atoms with Crippen molar-refractivity contribution >= 4 is 46.2 Å². The molecule has 1 N–H and O–H groups in total. The molecule has 0 unspecified atom stereocenters. The molecule has 3 heteroatoms. The van der Waals surface area contributed by atoms with Gasteiger partial charge in [0.2, 0.25) is 0 Å². The number of fused-ring (bicyclic) bond motifs is 1. The van der Waals surface area contributed by atoms with Crippen molar-refractivity contribution in [3.05, 3.63) is 42.5 Å². The quantitative estimate of drug-likeness (QED) is 0.658. The molecule has 0 radical (unpaired) electrons. The maximum Gasteiger partial charge on any atom is 2.00 e. The second-order valence-electron chi connectivity index (χ2n) is 2.50. The second kappa shape index (κ2) is 5.32. The Bertz CT molecular complexity index is 393. The van der Waals surface area contributed by atoms with Crippen LogP contribution in [0.3, 0.4) is 0 Å². The van der Waals surface area contributed by atoms with Crippen molar-refractivity contribution in [3.8, 4) is 5.75 Å². The van der Waals surface area contributed by atoms with Crippen LogP contribution in [0.2, 0.25) is 0 Å². The predicted molar refractivity (Wildman–Crippen MR) is 60.8 cm³/mol. The monoisotopic (exact) mass is 206 g/mol. The minimum atomic E-state index is 0. The molecule has 0 aliphatic carbocycles. The zero-order chi connectivity index (χ0) is 7.68. The van der Waals surface area contributed by atoms with Gasteiger partial charge < -0.3 is 7.96 Å². The standard InChI is InChI=1S/C10H8O.ClH.Mg.2H/c11-10-7-3-5-8-4-1-2-6-9(8)10;;;;/h1-7,11H;1H;;;/q;;+2;2*-1. The molecule has 2 aromatic rings. The summed E-state index contributed by atoms with van der Waals surface area (Å²) in [5.41, 5.74) is 0. The zero-order valence-electron chi connectivity index (χ0n) is 9.10. The fraction of sp³-hybridized carbons (Fsp3) is 0. The summed E-state index contributed by atoms with van der Waals surface area (Å²) >= 11 is 0. The molecular weight excluding hydrogens is 196 g/mol. The van der Waals surface area contributed by atoms with Crippen LogP contribution in [-0.2, 0) is 0 Å². The molecule has 2 aromatic carbocycles. The van der Waals surface area contributed by atoms with Gasteiger partial charge in [-0.3, -0.25) is 0 Å². The maximum atomic E-state index is 9.37. The van der Waals surface area contributed by atoms with Gasteiger partial charge in [-0.25, -0.2) is 0 Å². The number of rotatable bonds is 0. The van der Waals surface area contributed by atoms with Crippen LogP contribution in [0.15, 0.2) is 42.5 Å². The Labute approximate surface area is 102 Å². The number of phenolic OH excluding ortho intramolecular Hbond substituents is 1. The summed E-state index contributed by atoms with van der Waals surface area (Å²) in [6, 6.07) is 13.3. The van der Waals surface area contributed by atoms with Gasteiger partial charge >= 0.3 is 23.1 Å². The molecule has 0 fully saturated rings. The average Bonchev–Trinajstić information content (AvgIpc) is 2.06. The van der Waals surface area contributed by atoms with Gasteiger partial charge in [-0.05, 0) is 11.5 Å². The van der Waals surface area contributed by atoms with Crippen LogP contribution in [-0.4, -0.2) is 28.2 Å². The fourth-order valence-corrected chi connectivity index (χ4v) is 1.21. The molecule has 2 rings (SSSR count). The van der Waals surface area contributed by atoms with E-state index in [0.717, 1.165) is 10.8 Å². The van der Waals surface area contributed by atoms with Crippen LogP contribution in [0.5, 0.6) is 5.75 Å². The van der Waals surface area contributed by atoms with Gasteiger partial charge in [0.15, 0.2) is 0 Å². The molecule has 0 amide bonds. The minimum absolute atomic E-state index is 0. The number of aromatic hydroxyl groups is 1. The van der Waals surface area contributed by atoms with Crippen molar-refractivity contribution in [1.29, 1.82) is 0 Å². The van der Waals surface area contributed by atoms with Gasteiger partial charge in [-0.15, -0.1) is 12.4 Å². The van der Waals surface area contributed by atoms with Crippen LogP contribution in [0, 0.1) is 0 Å². The van der Waals surface area contributed by atoms with Crippen molar-refractivity contribution in [2.24, 2.45) is 0 Å². The van der Waals surface area contributed by atoms with Crippen molar-refractivity contribution in [2.75, 3.05) is 0 Å². The average molecular weight is 207 g/mol. The number of hydrogen-bond donors (Lipinski definition) is 1. The summed E-state index contributed by atoms with van der Waals surface area (Å²) in [4.78, 5) is 0. The molecule has 13 heavy (non-hydrogen) atoms. The third kappa shape index (κ3) is 2.50. The molecule has 1 nitrogen and oxygen atoms in total. The molecule has 0 aliphatic heterocycles. The smallest absolute Gasteiger partial charge is 1.00 e.